The molecule has 0 saturated heterocycles. The average Bonchev–Trinajstić information content (AvgIpc) is 2.56. The van der Waals surface area contributed by atoms with Gasteiger partial charge in [-0.15, -0.1) is 0 Å². The van der Waals surface area contributed by atoms with Crippen molar-refractivity contribution in [2.75, 3.05) is 6.54 Å². The molecule has 3 nitrogen and oxygen atoms in total. The molecule has 0 aromatic heterocycles. The Morgan fingerprint density at radius 3 is 2.83 bits per heavy atom. The quantitative estimate of drug-likeness (QED) is 0.754. The number of aryl methyl sites for hydroxylation is 2. The standard InChI is InChI=1S/C20H29NO2/c1-4-18(23-19-14-15(2)10-11-16(19)3)20(22)21-13-12-17-8-6-5-7-9-17/h8,10-11,14,18H,4-7,9,12-13H2,1-3H3,(H,21,22). The van der Waals surface area contributed by atoms with Crippen molar-refractivity contribution in [3.05, 3.63) is 41.0 Å². The van der Waals surface area contributed by atoms with Gasteiger partial charge in [-0.25, -0.2) is 0 Å². The van der Waals surface area contributed by atoms with E-state index in [1.54, 1.807) is 0 Å². The van der Waals surface area contributed by atoms with Gasteiger partial charge in [0.25, 0.3) is 5.91 Å². The third-order valence-corrected chi connectivity index (χ3v) is 4.41. The summed E-state index contributed by atoms with van der Waals surface area (Å²) in [6.45, 7) is 6.73. The number of ether oxygens (including phenoxy) is 1. The van der Waals surface area contributed by atoms with Crippen LogP contribution in [-0.4, -0.2) is 18.6 Å². The van der Waals surface area contributed by atoms with Gasteiger partial charge < -0.3 is 10.1 Å². The molecule has 1 amide bonds. The Kier molecular flexibility index (Phi) is 6.69. The molecule has 0 bridgehead atoms. The smallest absolute Gasteiger partial charge is 0.261 e. The molecule has 0 fully saturated rings. The number of hydrogen-bond acceptors (Lipinski definition) is 2. The second kappa shape index (κ2) is 8.76. The van der Waals surface area contributed by atoms with E-state index in [1.807, 2.05) is 32.9 Å². The SMILES string of the molecule is CCC(Oc1cc(C)ccc1C)C(=O)NCCC1=CCCCC1. The van der Waals surface area contributed by atoms with Gasteiger partial charge in [0.2, 0.25) is 0 Å². The lowest BCUT2D eigenvalue weighted by Gasteiger charge is -2.19. The molecule has 0 heterocycles. The molecular formula is C20H29NO2. The van der Waals surface area contributed by atoms with Crippen LogP contribution in [0.3, 0.4) is 0 Å². The van der Waals surface area contributed by atoms with Crippen LogP contribution >= 0.6 is 0 Å². The number of hydrogen-bond donors (Lipinski definition) is 1. The molecule has 0 spiro atoms. The van der Waals surface area contributed by atoms with Crippen molar-refractivity contribution in [3.8, 4) is 5.75 Å². The van der Waals surface area contributed by atoms with Crippen molar-refractivity contribution >= 4 is 5.91 Å². The number of carbonyl (C=O) groups is 1. The number of nitrogens with one attached hydrogen (secondary N) is 1. The number of amides is 1. The van der Waals surface area contributed by atoms with E-state index in [4.69, 9.17) is 4.74 Å². The molecule has 0 radical (unpaired) electrons. The van der Waals surface area contributed by atoms with E-state index in [1.165, 1.54) is 31.3 Å². The molecular weight excluding hydrogens is 286 g/mol. The maximum absolute atomic E-state index is 12.4. The minimum Gasteiger partial charge on any atom is -0.480 e. The van der Waals surface area contributed by atoms with E-state index in [0.29, 0.717) is 13.0 Å². The van der Waals surface area contributed by atoms with Gasteiger partial charge in [0, 0.05) is 6.54 Å². The first-order valence-electron chi connectivity index (χ1n) is 8.79. The highest BCUT2D eigenvalue weighted by Gasteiger charge is 2.19. The van der Waals surface area contributed by atoms with Crippen LogP contribution in [-0.2, 0) is 4.79 Å². The highest BCUT2D eigenvalue weighted by atomic mass is 16.5. The van der Waals surface area contributed by atoms with Crippen molar-refractivity contribution in [2.45, 2.75) is 65.4 Å². The molecule has 0 saturated carbocycles. The van der Waals surface area contributed by atoms with Crippen molar-refractivity contribution in [3.63, 3.8) is 0 Å². The van der Waals surface area contributed by atoms with Crippen LogP contribution in [0.4, 0.5) is 0 Å². The van der Waals surface area contributed by atoms with Gasteiger partial charge in [0.15, 0.2) is 6.10 Å². The van der Waals surface area contributed by atoms with E-state index in [0.717, 1.165) is 23.3 Å². The maximum atomic E-state index is 12.4. The first kappa shape index (κ1) is 17.6. The van der Waals surface area contributed by atoms with Gasteiger partial charge in [-0.2, -0.15) is 0 Å². The monoisotopic (exact) mass is 315 g/mol. The predicted molar refractivity (Wildman–Crippen MR) is 94.8 cm³/mol. The van der Waals surface area contributed by atoms with Gasteiger partial charge in [0.1, 0.15) is 5.75 Å². The largest absolute Gasteiger partial charge is 0.480 e. The lowest BCUT2D eigenvalue weighted by Crippen LogP contribution is -2.38. The van der Waals surface area contributed by atoms with Gasteiger partial charge in [-0.1, -0.05) is 30.7 Å². The van der Waals surface area contributed by atoms with Gasteiger partial charge in [-0.05, 0) is 69.6 Å². The fourth-order valence-electron chi connectivity index (χ4n) is 2.90. The number of benzene rings is 1. The Morgan fingerprint density at radius 2 is 2.13 bits per heavy atom. The van der Waals surface area contributed by atoms with E-state index < -0.39 is 6.10 Å². The van der Waals surface area contributed by atoms with E-state index in [9.17, 15) is 4.79 Å². The zero-order chi connectivity index (χ0) is 16.7. The number of allylic oxidation sites excluding steroid dienone is 1. The first-order chi connectivity index (χ1) is 11.1. The maximum Gasteiger partial charge on any atom is 0.261 e. The van der Waals surface area contributed by atoms with E-state index in [-0.39, 0.29) is 5.91 Å². The molecule has 1 atom stereocenters. The third-order valence-electron chi connectivity index (χ3n) is 4.41. The van der Waals surface area contributed by atoms with Crippen LogP contribution < -0.4 is 10.1 Å². The Balaban J connectivity index is 1.85. The molecule has 1 aromatic carbocycles. The van der Waals surface area contributed by atoms with E-state index >= 15 is 0 Å². The summed E-state index contributed by atoms with van der Waals surface area (Å²) < 4.78 is 5.95. The summed E-state index contributed by atoms with van der Waals surface area (Å²) in [4.78, 5) is 12.4. The molecule has 1 N–H and O–H groups in total. The van der Waals surface area contributed by atoms with Crippen LogP contribution in [0.25, 0.3) is 0 Å². The molecule has 1 aliphatic rings. The number of rotatable bonds is 7. The summed E-state index contributed by atoms with van der Waals surface area (Å²) in [6.07, 6.45) is 8.51. The lowest BCUT2D eigenvalue weighted by molar-refractivity contribution is -0.128. The van der Waals surface area contributed by atoms with Gasteiger partial charge in [0.05, 0.1) is 0 Å². The molecule has 1 unspecified atom stereocenters. The molecule has 2 rings (SSSR count). The molecule has 23 heavy (non-hydrogen) atoms. The highest BCUT2D eigenvalue weighted by Crippen LogP contribution is 2.22. The van der Waals surface area contributed by atoms with Crippen molar-refractivity contribution < 1.29 is 9.53 Å². The molecule has 1 aromatic rings. The summed E-state index contributed by atoms with van der Waals surface area (Å²) >= 11 is 0. The van der Waals surface area contributed by atoms with Crippen molar-refractivity contribution in [2.24, 2.45) is 0 Å². The zero-order valence-electron chi connectivity index (χ0n) is 14.7. The van der Waals surface area contributed by atoms with Gasteiger partial charge >= 0.3 is 0 Å². The summed E-state index contributed by atoms with van der Waals surface area (Å²) in [6, 6.07) is 6.09. The fourth-order valence-corrected chi connectivity index (χ4v) is 2.90. The minimum absolute atomic E-state index is 0.00943. The second-order valence-corrected chi connectivity index (χ2v) is 6.43. The molecule has 0 aliphatic heterocycles. The minimum atomic E-state index is -0.421. The Hall–Kier alpha value is -1.77. The summed E-state index contributed by atoms with van der Waals surface area (Å²) in [5, 5.41) is 3.03. The molecule has 1 aliphatic carbocycles. The van der Waals surface area contributed by atoms with Crippen LogP contribution in [0.2, 0.25) is 0 Å². The topological polar surface area (TPSA) is 38.3 Å². The van der Waals surface area contributed by atoms with Gasteiger partial charge in [-0.3, -0.25) is 4.79 Å². The normalized spacial score (nSPS) is 15.7. The third kappa shape index (κ3) is 5.42. The summed E-state index contributed by atoms with van der Waals surface area (Å²) in [5.41, 5.74) is 3.69. The predicted octanol–water partition coefficient (Wildman–Crippen LogP) is 4.47. The van der Waals surface area contributed by atoms with E-state index in [2.05, 4.69) is 17.5 Å². The molecule has 3 heteroatoms. The van der Waals surface area contributed by atoms with Crippen LogP contribution in [0.1, 0.15) is 56.6 Å². The molecule has 126 valence electrons. The van der Waals surface area contributed by atoms with Crippen molar-refractivity contribution in [1.82, 2.24) is 5.32 Å². The Morgan fingerprint density at radius 1 is 1.30 bits per heavy atom. The highest BCUT2D eigenvalue weighted by molar-refractivity contribution is 5.81. The number of carbonyl (C=O) groups excluding carboxylic acids is 1. The van der Waals surface area contributed by atoms with Crippen LogP contribution in [0, 0.1) is 13.8 Å². The summed E-state index contributed by atoms with van der Waals surface area (Å²) in [5.74, 6) is 0.798. The second-order valence-electron chi connectivity index (χ2n) is 6.43. The summed E-state index contributed by atoms with van der Waals surface area (Å²) in [7, 11) is 0. The zero-order valence-corrected chi connectivity index (χ0v) is 14.7. The Labute approximate surface area is 140 Å². The van der Waals surface area contributed by atoms with Crippen LogP contribution in [0.5, 0.6) is 5.75 Å². The van der Waals surface area contributed by atoms with Crippen LogP contribution in [0.15, 0.2) is 29.8 Å². The lowest BCUT2D eigenvalue weighted by atomic mass is 9.97. The average molecular weight is 315 g/mol. The fraction of sp³-hybridized carbons (Fsp3) is 0.550. The first-order valence-corrected chi connectivity index (χ1v) is 8.79. The Bertz CT molecular complexity index is 563. The van der Waals surface area contributed by atoms with Crippen molar-refractivity contribution in [1.29, 1.82) is 0 Å².